The van der Waals surface area contributed by atoms with E-state index in [-0.39, 0.29) is 0 Å². The van der Waals surface area contributed by atoms with Crippen LogP contribution in [-0.2, 0) is 9.47 Å². The van der Waals surface area contributed by atoms with Crippen LogP contribution in [0.2, 0.25) is 0 Å². The number of hydrogen-bond donors (Lipinski definition) is 0. The Balaban J connectivity index is 3.95. The lowest BCUT2D eigenvalue weighted by atomic mass is 9.83. The molecule has 2 nitrogen and oxygen atoms in total. The van der Waals surface area contributed by atoms with E-state index in [0.29, 0.717) is 0 Å². The summed E-state index contributed by atoms with van der Waals surface area (Å²) < 4.78 is 452. The predicted molar refractivity (Wildman–Crippen MR) is 96.0 cm³/mol. The van der Waals surface area contributed by atoms with Crippen molar-refractivity contribution in [3.05, 3.63) is 0 Å². The Bertz CT molecular complexity index is 1370. The summed E-state index contributed by atoms with van der Waals surface area (Å²) in [6, 6.07) is 0. The Morgan fingerprint density at radius 2 is 0.463 bits per heavy atom. The van der Waals surface area contributed by atoms with Crippen LogP contribution in [0, 0.1) is 0 Å². The highest BCUT2D eigenvalue weighted by molar-refractivity contribution is 5.22. The number of hydrogen-bond acceptors (Lipinski definition) is 2. The molecule has 1 fully saturated rings. The van der Waals surface area contributed by atoms with Crippen molar-refractivity contribution in [2.75, 3.05) is 13.2 Å². The van der Waals surface area contributed by atoms with Crippen molar-refractivity contribution in [1.82, 2.24) is 0 Å². The van der Waals surface area contributed by atoms with Crippen molar-refractivity contribution in [3.63, 3.8) is 0 Å². The number of epoxide rings is 1. The number of alkyl halides is 33. The lowest BCUT2D eigenvalue weighted by Gasteiger charge is -2.46. The molecule has 1 rings (SSSR count). The molecule has 0 aromatic carbocycles. The zero-order valence-electron chi connectivity index (χ0n) is 23.3. The topological polar surface area (TPSA) is 21.8 Å². The maximum absolute atomic E-state index is 13.9. The summed E-state index contributed by atoms with van der Waals surface area (Å²) in [7, 11) is 0. The van der Waals surface area contributed by atoms with Gasteiger partial charge in [0.05, 0.1) is 13.2 Å². The summed E-state index contributed by atoms with van der Waals surface area (Å²) in [5.74, 6) is -136. The molecule has 0 spiro atoms. The Kier molecular flexibility index (Phi) is 11.3. The molecular formula is C19H5F33O2. The molecule has 0 amide bonds. The van der Waals surface area contributed by atoms with Crippen LogP contribution < -0.4 is 0 Å². The molecule has 1 unspecified atom stereocenters. The van der Waals surface area contributed by atoms with Crippen LogP contribution >= 0.6 is 0 Å². The maximum Gasteiger partial charge on any atom is 0.460 e. The van der Waals surface area contributed by atoms with Gasteiger partial charge in [-0.3, -0.25) is 0 Å². The zero-order valence-corrected chi connectivity index (χ0v) is 23.3. The maximum atomic E-state index is 13.9. The van der Waals surface area contributed by atoms with Gasteiger partial charge < -0.3 is 9.47 Å². The van der Waals surface area contributed by atoms with Gasteiger partial charge in [0.2, 0.25) is 0 Å². The predicted octanol–water partition coefficient (Wildman–Crippen LogP) is 10.5. The average Bonchev–Trinajstić information content (AvgIpc) is 3.78. The van der Waals surface area contributed by atoms with Gasteiger partial charge in [0.1, 0.15) is 6.10 Å². The van der Waals surface area contributed by atoms with Crippen LogP contribution in [0.25, 0.3) is 0 Å². The third-order valence-corrected chi connectivity index (χ3v) is 6.70. The highest BCUT2D eigenvalue weighted by Gasteiger charge is 3.02. The molecule has 1 heterocycles. The molecule has 54 heavy (non-hydrogen) atoms. The standard InChI is InChI=1S/C19H5F33O2/c20-4(21,6(24,25)8(28,29)10(32,33)12(36,37)14(40,41)16(44,45)18(48,49)50)5(22,23)7(26,27)9(30,31)11(34,35)13(38,39)15(42,43)17(46,47)19(51,52)54-2-3-1-53-3/h3H,1-2H2. The second-order valence-corrected chi connectivity index (χ2v) is 10.3. The first-order valence-electron chi connectivity index (χ1n) is 11.8. The van der Waals surface area contributed by atoms with E-state index in [1.54, 1.807) is 0 Å². The summed E-state index contributed by atoms with van der Waals surface area (Å²) in [5.41, 5.74) is 0. The minimum atomic E-state index is -10.2. The van der Waals surface area contributed by atoms with E-state index < -0.39 is 115 Å². The molecule has 0 aromatic rings. The Morgan fingerprint density at radius 1 is 0.296 bits per heavy atom. The summed E-state index contributed by atoms with van der Waals surface area (Å²) in [6.07, 6.45) is -17.6. The van der Waals surface area contributed by atoms with Crippen LogP contribution in [-0.4, -0.2) is 115 Å². The van der Waals surface area contributed by atoms with Gasteiger partial charge in [-0.1, -0.05) is 0 Å². The first-order valence-corrected chi connectivity index (χ1v) is 11.8. The first kappa shape index (κ1) is 49.6. The van der Waals surface area contributed by atoms with Gasteiger partial charge in [-0.05, 0) is 0 Å². The van der Waals surface area contributed by atoms with Crippen LogP contribution in [0.3, 0.4) is 0 Å². The summed E-state index contributed by atoms with van der Waals surface area (Å²) >= 11 is 0. The van der Waals surface area contributed by atoms with Crippen LogP contribution in [0.15, 0.2) is 0 Å². The molecule has 0 saturated carbocycles. The van der Waals surface area contributed by atoms with E-state index in [9.17, 15) is 145 Å². The molecule has 0 bridgehead atoms. The Labute approximate surface area is 270 Å². The van der Waals surface area contributed by atoms with Gasteiger partial charge in [-0.2, -0.15) is 145 Å². The fourth-order valence-corrected chi connectivity index (χ4v) is 3.18. The Morgan fingerprint density at radius 3 is 0.630 bits per heavy atom. The molecule has 0 radical (unpaired) electrons. The smallest absolute Gasteiger partial charge is 0.371 e. The molecule has 1 aliphatic rings. The summed E-state index contributed by atoms with van der Waals surface area (Å²) in [5, 5.41) is 0. The molecule has 35 heteroatoms. The minimum absolute atomic E-state index is 0.808. The van der Waals surface area contributed by atoms with Gasteiger partial charge in [-0.15, -0.1) is 0 Å². The monoisotopic (exact) mass is 892 g/mol. The summed E-state index contributed by atoms with van der Waals surface area (Å²) in [4.78, 5) is 0. The average molecular weight is 892 g/mol. The molecule has 0 N–H and O–H groups in total. The molecule has 0 aromatic heterocycles. The van der Waals surface area contributed by atoms with Gasteiger partial charge in [-0.25, -0.2) is 0 Å². The number of ether oxygens (including phenoxy) is 2. The largest absolute Gasteiger partial charge is 0.460 e. The second kappa shape index (κ2) is 12.3. The van der Waals surface area contributed by atoms with Crippen LogP contribution in [0.1, 0.15) is 0 Å². The van der Waals surface area contributed by atoms with E-state index in [1.807, 2.05) is 0 Å². The highest BCUT2D eigenvalue weighted by Crippen LogP contribution is 2.70. The van der Waals surface area contributed by atoms with E-state index in [4.69, 9.17) is 0 Å². The van der Waals surface area contributed by atoms with Crippen LogP contribution in [0.5, 0.6) is 0 Å². The summed E-state index contributed by atoms with van der Waals surface area (Å²) in [6.45, 7) is -2.94. The molecule has 0 aliphatic carbocycles. The van der Waals surface area contributed by atoms with Crippen molar-refractivity contribution in [2.45, 2.75) is 101 Å². The SMILES string of the molecule is FC(F)(F)C(F)(F)C(F)(F)C(F)(F)C(F)(F)C(F)(F)C(F)(F)C(F)(F)C(F)(F)C(F)(F)C(F)(F)C(F)(F)C(F)(F)C(F)(F)C(F)(F)C(F)(F)OCC1CO1. The van der Waals surface area contributed by atoms with E-state index in [0.717, 1.165) is 0 Å². The lowest BCUT2D eigenvalue weighted by Crippen LogP contribution is -2.80. The lowest BCUT2D eigenvalue weighted by molar-refractivity contribution is -0.495. The van der Waals surface area contributed by atoms with Crippen molar-refractivity contribution in [1.29, 1.82) is 0 Å². The van der Waals surface area contributed by atoms with Crippen molar-refractivity contribution in [3.8, 4) is 0 Å². The van der Waals surface area contributed by atoms with Crippen molar-refractivity contribution in [2.24, 2.45) is 0 Å². The normalized spacial score (nSPS) is 19.4. The number of rotatable bonds is 17. The first-order chi connectivity index (χ1) is 22.8. The third-order valence-electron chi connectivity index (χ3n) is 6.70. The van der Waals surface area contributed by atoms with Gasteiger partial charge >= 0.3 is 95.2 Å². The van der Waals surface area contributed by atoms with Crippen molar-refractivity contribution < 1.29 is 154 Å². The number of halogens is 33. The van der Waals surface area contributed by atoms with E-state index in [1.165, 1.54) is 0 Å². The minimum Gasteiger partial charge on any atom is -0.371 e. The molecule has 324 valence electrons. The molecule has 1 atom stereocenters. The quantitative estimate of drug-likeness (QED) is 0.107. The zero-order chi connectivity index (χ0) is 44.4. The molecule has 1 saturated heterocycles. The third kappa shape index (κ3) is 5.85. The second-order valence-electron chi connectivity index (χ2n) is 10.3. The van der Waals surface area contributed by atoms with Gasteiger partial charge in [0.15, 0.2) is 0 Å². The van der Waals surface area contributed by atoms with Gasteiger partial charge in [0.25, 0.3) is 0 Å². The van der Waals surface area contributed by atoms with E-state index in [2.05, 4.69) is 9.47 Å². The fourth-order valence-electron chi connectivity index (χ4n) is 3.18. The van der Waals surface area contributed by atoms with E-state index >= 15 is 0 Å². The van der Waals surface area contributed by atoms with Crippen molar-refractivity contribution >= 4 is 0 Å². The molecule has 1 aliphatic heterocycles. The molecular weight excluding hydrogens is 887 g/mol. The van der Waals surface area contributed by atoms with Crippen LogP contribution in [0.4, 0.5) is 145 Å². The Hall–Kier alpha value is -2.39. The highest BCUT2D eigenvalue weighted by atomic mass is 19.4. The fraction of sp³-hybridized carbons (Fsp3) is 1.00. The van der Waals surface area contributed by atoms with Gasteiger partial charge in [0, 0.05) is 0 Å².